The zero-order chi connectivity index (χ0) is 11.7. The predicted octanol–water partition coefficient (Wildman–Crippen LogP) is 3.61. The van der Waals surface area contributed by atoms with E-state index in [0.29, 0.717) is 5.78 Å². The van der Waals surface area contributed by atoms with Crippen molar-refractivity contribution in [1.82, 2.24) is 4.98 Å². The topological polar surface area (TPSA) is 30.0 Å². The molecule has 1 fully saturated rings. The third-order valence-corrected chi connectivity index (χ3v) is 3.61. The molecule has 1 aliphatic carbocycles. The van der Waals surface area contributed by atoms with E-state index in [2.05, 4.69) is 4.98 Å². The Morgan fingerprint density at radius 1 is 1.18 bits per heavy atom. The quantitative estimate of drug-likeness (QED) is 0.731. The van der Waals surface area contributed by atoms with E-state index in [1.54, 1.807) is 6.20 Å². The first-order valence-corrected chi connectivity index (χ1v) is 6.23. The Labute approximate surface area is 101 Å². The number of aromatic nitrogens is 1. The number of hydrogen-bond acceptors (Lipinski definition) is 2. The van der Waals surface area contributed by atoms with E-state index in [4.69, 9.17) is 0 Å². The summed E-state index contributed by atoms with van der Waals surface area (Å²) in [5.74, 6) is 0.567. The summed E-state index contributed by atoms with van der Waals surface area (Å²) in [6.07, 6.45) is 6.30. The maximum absolute atomic E-state index is 12.3. The minimum atomic E-state index is 0.254. The average Bonchev–Trinajstić information content (AvgIpc) is 2.91. The number of carbonyl (C=O) groups excluding carboxylic acids is 1. The van der Waals surface area contributed by atoms with Gasteiger partial charge in [0.1, 0.15) is 0 Å². The molecule has 1 aliphatic rings. The summed E-state index contributed by atoms with van der Waals surface area (Å²) in [5, 5.41) is 1.05. The lowest BCUT2D eigenvalue weighted by Gasteiger charge is -2.08. The van der Waals surface area contributed by atoms with Crippen molar-refractivity contribution in [2.45, 2.75) is 25.7 Å². The maximum Gasteiger partial charge on any atom is 0.165 e. The van der Waals surface area contributed by atoms with Crippen LogP contribution in [0.4, 0.5) is 0 Å². The molecular weight excluding hydrogens is 210 g/mol. The SMILES string of the molecule is O=C(c1ccc2ncccc2c1)C1CCCC1. The van der Waals surface area contributed by atoms with Gasteiger partial charge in [0.15, 0.2) is 5.78 Å². The van der Waals surface area contributed by atoms with E-state index >= 15 is 0 Å². The van der Waals surface area contributed by atoms with Crippen LogP contribution < -0.4 is 0 Å². The number of hydrogen-bond donors (Lipinski definition) is 0. The average molecular weight is 225 g/mol. The number of carbonyl (C=O) groups is 1. The molecule has 0 unspecified atom stereocenters. The van der Waals surface area contributed by atoms with Gasteiger partial charge in [-0.05, 0) is 37.1 Å². The molecule has 0 radical (unpaired) electrons. The fourth-order valence-electron chi connectivity index (χ4n) is 2.65. The molecular formula is C15H15NO. The minimum Gasteiger partial charge on any atom is -0.294 e. The van der Waals surface area contributed by atoms with Gasteiger partial charge in [-0.15, -0.1) is 0 Å². The molecule has 0 atom stereocenters. The highest BCUT2D eigenvalue weighted by Crippen LogP contribution is 2.28. The molecule has 1 saturated carbocycles. The largest absolute Gasteiger partial charge is 0.294 e. The summed E-state index contributed by atoms with van der Waals surface area (Å²) in [7, 11) is 0. The molecule has 0 aliphatic heterocycles. The van der Waals surface area contributed by atoms with Gasteiger partial charge in [-0.1, -0.05) is 18.9 Å². The van der Waals surface area contributed by atoms with Crippen LogP contribution in [0.5, 0.6) is 0 Å². The number of ketones is 1. The molecule has 2 nitrogen and oxygen atoms in total. The molecule has 0 N–H and O–H groups in total. The predicted molar refractivity (Wildman–Crippen MR) is 68.0 cm³/mol. The van der Waals surface area contributed by atoms with Crippen molar-refractivity contribution in [1.29, 1.82) is 0 Å². The highest BCUT2D eigenvalue weighted by Gasteiger charge is 2.23. The van der Waals surface area contributed by atoms with Crippen LogP contribution in [-0.4, -0.2) is 10.8 Å². The van der Waals surface area contributed by atoms with Crippen molar-refractivity contribution in [2.24, 2.45) is 5.92 Å². The second-order valence-electron chi connectivity index (χ2n) is 4.76. The molecule has 2 aromatic rings. The number of benzene rings is 1. The van der Waals surface area contributed by atoms with Crippen molar-refractivity contribution < 1.29 is 4.79 Å². The number of Topliss-reactive ketones (excluding diaryl/α,β-unsaturated/α-hetero) is 1. The van der Waals surface area contributed by atoms with Gasteiger partial charge in [0.05, 0.1) is 5.52 Å². The van der Waals surface area contributed by atoms with Gasteiger partial charge < -0.3 is 0 Å². The lowest BCUT2D eigenvalue weighted by atomic mass is 9.95. The van der Waals surface area contributed by atoms with Gasteiger partial charge in [0, 0.05) is 23.1 Å². The third kappa shape index (κ3) is 1.95. The van der Waals surface area contributed by atoms with Crippen molar-refractivity contribution >= 4 is 16.7 Å². The first-order chi connectivity index (χ1) is 8.34. The van der Waals surface area contributed by atoms with Crippen molar-refractivity contribution in [2.75, 3.05) is 0 Å². The number of nitrogens with zero attached hydrogens (tertiary/aromatic N) is 1. The van der Waals surface area contributed by atoms with Crippen molar-refractivity contribution in [3.05, 3.63) is 42.1 Å². The fourth-order valence-corrected chi connectivity index (χ4v) is 2.65. The van der Waals surface area contributed by atoms with Gasteiger partial charge in [-0.25, -0.2) is 0 Å². The van der Waals surface area contributed by atoms with Gasteiger partial charge in [-0.2, -0.15) is 0 Å². The van der Waals surface area contributed by atoms with Gasteiger partial charge in [-0.3, -0.25) is 9.78 Å². The lowest BCUT2D eigenvalue weighted by Crippen LogP contribution is -2.10. The number of rotatable bonds is 2. The number of fused-ring (bicyclic) bond motifs is 1. The third-order valence-electron chi connectivity index (χ3n) is 3.61. The second kappa shape index (κ2) is 4.28. The Hall–Kier alpha value is -1.70. The van der Waals surface area contributed by atoms with E-state index in [1.165, 1.54) is 12.8 Å². The van der Waals surface area contributed by atoms with E-state index < -0.39 is 0 Å². The van der Waals surface area contributed by atoms with Crippen LogP contribution in [0.3, 0.4) is 0 Å². The summed E-state index contributed by atoms with van der Waals surface area (Å²) in [6, 6.07) is 9.75. The zero-order valence-corrected chi connectivity index (χ0v) is 9.73. The Kier molecular flexibility index (Phi) is 2.63. The Morgan fingerprint density at radius 3 is 2.82 bits per heavy atom. The van der Waals surface area contributed by atoms with Crippen molar-refractivity contribution in [3.63, 3.8) is 0 Å². The zero-order valence-electron chi connectivity index (χ0n) is 9.73. The summed E-state index contributed by atoms with van der Waals surface area (Å²) in [5.41, 5.74) is 1.80. The first-order valence-electron chi connectivity index (χ1n) is 6.23. The summed E-state index contributed by atoms with van der Waals surface area (Å²) >= 11 is 0. The van der Waals surface area contributed by atoms with Gasteiger partial charge in [0.25, 0.3) is 0 Å². The van der Waals surface area contributed by atoms with E-state index in [0.717, 1.165) is 29.3 Å². The molecule has 0 bridgehead atoms. The van der Waals surface area contributed by atoms with Crippen molar-refractivity contribution in [3.8, 4) is 0 Å². The van der Waals surface area contributed by atoms with Crippen LogP contribution in [0.25, 0.3) is 10.9 Å². The molecule has 0 amide bonds. The Bertz CT molecular complexity index is 556. The standard InChI is InChI=1S/C15H15NO/c17-15(11-4-1-2-5-11)13-7-8-14-12(10-13)6-3-9-16-14/h3,6-11H,1-2,4-5H2. The van der Waals surface area contributed by atoms with E-state index in [9.17, 15) is 4.79 Å². The summed E-state index contributed by atoms with van der Waals surface area (Å²) in [6.45, 7) is 0. The maximum atomic E-state index is 12.3. The summed E-state index contributed by atoms with van der Waals surface area (Å²) in [4.78, 5) is 16.5. The molecule has 17 heavy (non-hydrogen) atoms. The highest BCUT2D eigenvalue weighted by molar-refractivity contribution is 6.00. The smallest absolute Gasteiger partial charge is 0.165 e. The lowest BCUT2D eigenvalue weighted by molar-refractivity contribution is 0.0923. The molecule has 0 saturated heterocycles. The van der Waals surface area contributed by atoms with Crippen LogP contribution in [0.1, 0.15) is 36.0 Å². The molecule has 0 spiro atoms. The van der Waals surface area contributed by atoms with Gasteiger partial charge in [0.2, 0.25) is 0 Å². The highest BCUT2D eigenvalue weighted by atomic mass is 16.1. The van der Waals surface area contributed by atoms with Crippen LogP contribution in [0.2, 0.25) is 0 Å². The minimum absolute atomic E-state index is 0.254. The van der Waals surface area contributed by atoms with Crippen LogP contribution >= 0.6 is 0 Å². The molecule has 1 aromatic carbocycles. The monoisotopic (exact) mass is 225 g/mol. The van der Waals surface area contributed by atoms with E-state index in [1.807, 2.05) is 30.3 Å². The molecule has 1 aromatic heterocycles. The van der Waals surface area contributed by atoms with Crippen LogP contribution in [0, 0.1) is 5.92 Å². The molecule has 2 heteroatoms. The normalized spacial score (nSPS) is 16.5. The molecule has 1 heterocycles. The summed E-state index contributed by atoms with van der Waals surface area (Å²) < 4.78 is 0. The second-order valence-corrected chi connectivity index (χ2v) is 4.76. The Balaban J connectivity index is 1.97. The molecule has 3 rings (SSSR count). The van der Waals surface area contributed by atoms with Crippen LogP contribution in [-0.2, 0) is 0 Å². The van der Waals surface area contributed by atoms with E-state index in [-0.39, 0.29) is 5.92 Å². The Morgan fingerprint density at radius 2 is 2.00 bits per heavy atom. The fraction of sp³-hybridized carbons (Fsp3) is 0.333. The molecule has 86 valence electrons. The van der Waals surface area contributed by atoms with Gasteiger partial charge >= 0.3 is 0 Å². The van der Waals surface area contributed by atoms with Crippen LogP contribution in [0.15, 0.2) is 36.5 Å². The number of pyridine rings is 1. The first kappa shape index (κ1) is 10.5.